The summed E-state index contributed by atoms with van der Waals surface area (Å²) in [5.41, 5.74) is 2.79. The molecule has 1 N–H and O–H groups in total. The maximum absolute atomic E-state index is 12.6. The van der Waals surface area contributed by atoms with Crippen LogP contribution in [0.1, 0.15) is 30.0 Å². The minimum absolute atomic E-state index is 0.164. The van der Waals surface area contributed by atoms with Gasteiger partial charge >= 0.3 is 0 Å². The van der Waals surface area contributed by atoms with Crippen LogP contribution in [-0.4, -0.2) is 33.1 Å². The second-order valence-electron chi connectivity index (χ2n) is 7.16. The maximum Gasteiger partial charge on any atom is 0.244 e. The van der Waals surface area contributed by atoms with Gasteiger partial charge in [-0.25, -0.2) is 4.98 Å². The molecule has 0 spiro atoms. The van der Waals surface area contributed by atoms with Crippen molar-refractivity contribution in [2.45, 2.75) is 25.4 Å². The third-order valence-corrected chi connectivity index (χ3v) is 5.06. The number of nitrogens with zero attached hydrogens (tertiary/aromatic N) is 4. The number of carbonyl (C=O) groups is 2. The molecule has 0 aliphatic carbocycles. The Morgan fingerprint density at radius 2 is 1.93 bits per heavy atom. The monoisotopic (exact) mass is 401 g/mol. The molecule has 3 aromatic rings. The fourth-order valence-electron chi connectivity index (χ4n) is 3.51. The van der Waals surface area contributed by atoms with Crippen LogP contribution in [0.15, 0.2) is 73.3 Å². The smallest absolute Gasteiger partial charge is 0.244 e. The van der Waals surface area contributed by atoms with E-state index in [1.807, 2.05) is 54.6 Å². The average Bonchev–Trinajstić information content (AvgIpc) is 3.44. The van der Waals surface area contributed by atoms with Crippen molar-refractivity contribution in [2.24, 2.45) is 0 Å². The molecule has 1 aromatic heterocycles. The summed E-state index contributed by atoms with van der Waals surface area (Å²) >= 11 is 0. The van der Waals surface area contributed by atoms with Crippen LogP contribution in [0.4, 0.5) is 5.69 Å². The molecule has 1 unspecified atom stereocenters. The third kappa shape index (κ3) is 4.81. The van der Waals surface area contributed by atoms with Crippen molar-refractivity contribution >= 4 is 23.6 Å². The summed E-state index contributed by atoms with van der Waals surface area (Å²) in [6.07, 6.45) is 7.90. The fourth-order valence-corrected chi connectivity index (χ4v) is 3.51. The quantitative estimate of drug-likeness (QED) is 0.617. The Labute approximate surface area is 175 Å². The minimum atomic E-state index is -0.228. The lowest BCUT2D eigenvalue weighted by molar-refractivity contribution is -0.118. The molecule has 2 amide bonds. The van der Waals surface area contributed by atoms with Gasteiger partial charge in [0.25, 0.3) is 0 Å². The fraction of sp³-hybridized carbons (Fsp3) is 0.217. The van der Waals surface area contributed by atoms with E-state index in [-0.39, 0.29) is 17.9 Å². The molecule has 1 aliphatic rings. The summed E-state index contributed by atoms with van der Waals surface area (Å²) in [6, 6.07) is 17.2. The van der Waals surface area contributed by atoms with Gasteiger partial charge in [-0.3, -0.25) is 14.3 Å². The number of hydrogen-bond donors (Lipinski definition) is 1. The lowest BCUT2D eigenvalue weighted by Gasteiger charge is -2.18. The molecule has 152 valence electrons. The van der Waals surface area contributed by atoms with E-state index in [1.165, 1.54) is 12.4 Å². The minimum Gasteiger partial charge on any atom is -0.344 e. The molecule has 1 atom stereocenters. The van der Waals surface area contributed by atoms with Gasteiger partial charge in [-0.2, -0.15) is 5.10 Å². The van der Waals surface area contributed by atoms with Crippen LogP contribution < -0.4 is 10.2 Å². The number of nitrogens with one attached hydrogen (secondary N) is 1. The van der Waals surface area contributed by atoms with Gasteiger partial charge in [0.2, 0.25) is 11.8 Å². The van der Waals surface area contributed by atoms with E-state index < -0.39 is 0 Å². The predicted octanol–water partition coefficient (Wildman–Crippen LogP) is 2.98. The highest BCUT2D eigenvalue weighted by Gasteiger charge is 2.21. The number of anilines is 1. The summed E-state index contributed by atoms with van der Waals surface area (Å²) in [4.78, 5) is 30.2. The first-order chi connectivity index (χ1) is 14.7. The highest BCUT2D eigenvalue weighted by Crippen LogP contribution is 2.22. The SMILES string of the molecule is O=C(/C=C/c1ccc(N2CCCC2=O)cc1)NC(Cn1cncn1)c1ccccc1. The van der Waals surface area contributed by atoms with E-state index in [0.717, 1.165) is 29.8 Å². The van der Waals surface area contributed by atoms with Crippen molar-refractivity contribution in [3.05, 3.63) is 84.5 Å². The molecule has 0 saturated carbocycles. The van der Waals surface area contributed by atoms with Crippen LogP contribution in [0.25, 0.3) is 6.08 Å². The first kappa shape index (κ1) is 19.6. The molecule has 7 nitrogen and oxygen atoms in total. The predicted molar refractivity (Wildman–Crippen MR) is 114 cm³/mol. The van der Waals surface area contributed by atoms with E-state index in [9.17, 15) is 9.59 Å². The molecule has 2 heterocycles. The Bertz CT molecular complexity index is 1010. The average molecular weight is 401 g/mol. The van der Waals surface area contributed by atoms with Gasteiger partial charge in [-0.15, -0.1) is 0 Å². The summed E-state index contributed by atoms with van der Waals surface area (Å²) in [6.45, 7) is 1.26. The Hall–Kier alpha value is -3.74. The zero-order valence-electron chi connectivity index (χ0n) is 16.5. The molecule has 1 aliphatic heterocycles. The van der Waals surface area contributed by atoms with E-state index in [0.29, 0.717) is 13.0 Å². The standard InChI is InChI=1S/C23H23N5O2/c29-22(13-10-18-8-11-20(12-9-18)28-14-4-7-23(28)30)26-21(15-27-17-24-16-25-27)19-5-2-1-3-6-19/h1-3,5-6,8-13,16-17,21H,4,7,14-15H2,(H,26,29)/b13-10+. The Morgan fingerprint density at radius 1 is 1.13 bits per heavy atom. The Balaban J connectivity index is 1.41. The van der Waals surface area contributed by atoms with Crippen LogP contribution in [0, 0.1) is 0 Å². The van der Waals surface area contributed by atoms with E-state index in [4.69, 9.17) is 0 Å². The first-order valence-electron chi connectivity index (χ1n) is 9.95. The Kier molecular flexibility index (Phi) is 5.98. The van der Waals surface area contributed by atoms with Gasteiger partial charge in [0, 0.05) is 24.7 Å². The summed E-state index contributed by atoms with van der Waals surface area (Å²) in [7, 11) is 0. The summed E-state index contributed by atoms with van der Waals surface area (Å²) in [5.74, 6) is -0.0280. The molecule has 4 rings (SSSR count). The summed E-state index contributed by atoms with van der Waals surface area (Å²) < 4.78 is 1.69. The van der Waals surface area contributed by atoms with E-state index in [2.05, 4.69) is 15.4 Å². The molecule has 7 heteroatoms. The maximum atomic E-state index is 12.6. The number of rotatable bonds is 7. The number of carbonyl (C=O) groups excluding carboxylic acids is 2. The number of hydrogen-bond acceptors (Lipinski definition) is 4. The van der Waals surface area contributed by atoms with E-state index in [1.54, 1.807) is 22.0 Å². The molecule has 0 radical (unpaired) electrons. The van der Waals surface area contributed by atoms with Gasteiger partial charge in [-0.1, -0.05) is 42.5 Å². The van der Waals surface area contributed by atoms with Crippen LogP contribution >= 0.6 is 0 Å². The second kappa shape index (κ2) is 9.17. The molecular weight excluding hydrogens is 378 g/mol. The molecule has 2 aromatic carbocycles. The van der Waals surface area contributed by atoms with Crippen molar-refractivity contribution in [1.82, 2.24) is 20.1 Å². The van der Waals surface area contributed by atoms with Crippen LogP contribution in [0.5, 0.6) is 0 Å². The van der Waals surface area contributed by atoms with E-state index >= 15 is 0 Å². The van der Waals surface area contributed by atoms with Gasteiger partial charge < -0.3 is 10.2 Å². The highest BCUT2D eigenvalue weighted by molar-refractivity contribution is 5.95. The van der Waals surface area contributed by atoms with Crippen molar-refractivity contribution in [1.29, 1.82) is 0 Å². The number of amides is 2. The lowest BCUT2D eigenvalue weighted by Crippen LogP contribution is -2.30. The summed E-state index contributed by atoms with van der Waals surface area (Å²) in [5, 5.41) is 7.17. The van der Waals surface area contributed by atoms with Crippen molar-refractivity contribution in [3.8, 4) is 0 Å². The van der Waals surface area contributed by atoms with Crippen molar-refractivity contribution in [2.75, 3.05) is 11.4 Å². The zero-order valence-corrected chi connectivity index (χ0v) is 16.5. The van der Waals surface area contributed by atoms with Gasteiger partial charge in [0.1, 0.15) is 12.7 Å². The number of aromatic nitrogens is 3. The highest BCUT2D eigenvalue weighted by atomic mass is 16.2. The van der Waals surface area contributed by atoms with Gasteiger partial charge in [-0.05, 0) is 35.8 Å². The third-order valence-electron chi connectivity index (χ3n) is 5.06. The van der Waals surface area contributed by atoms with Gasteiger partial charge in [0.05, 0.1) is 12.6 Å². The molecule has 1 fully saturated rings. The molecule has 1 saturated heterocycles. The zero-order chi connectivity index (χ0) is 20.8. The Morgan fingerprint density at radius 3 is 2.60 bits per heavy atom. The molecular formula is C23H23N5O2. The lowest BCUT2D eigenvalue weighted by atomic mass is 10.1. The number of benzene rings is 2. The van der Waals surface area contributed by atoms with Crippen LogP contribution in [0.2, 0.25) is 0 Å². The van der Waals surface area contributed by atoms with Crippen molar-refractivity contribution in [3.63, 3.8) is 0 Å². The van der Waals surface area contributed by atoms with Gasteiger partial charge in [0.15, 0.2) is 0 Å². The largest absolute Gasteiger partial charge is 0.344 e. The second-order valence-corrected chi connectivity index (χ2v) is 7.16. The topological polar surface area (TPSA) is 80.1 Å². The van der Waals surface area contributed by atoms with Crippen molar-refractivity contribution < 1.29 is 9.59 Å². The van der Waals surface area contributed by atoms with Crippen LogP contribution in [0.3, 0.4) is 0 Å². The first-order valence-corrected chi connectivity index (χ1v) is 9.95. The molecule has 30 heavy (non-hydrogen) atoms. The normalized spacial score (nSPS) is 14.9. The molecule has 0 bridgehead atoms. The van der Waals surface area contributed by atoms with Crippen LogP contribution in [-0.2, 0) is 16.1 Å².